The highest BCUT2D eigenvalue weighted by molar-refractivity contribution is 5.77. The Bertz CT molecular complexity index is 267. The monoisotopic (exact) mass is 232 g/mol. The fraction of sp³-hybridized carbons (Fsp3) is 0.667. The van der Waals surface area contributed by atoms with Crippen molar-refractivity contribution in [3.8, 4) is 0 Å². The van der Waals surface area contributed by atoms with Crippen molar-refractivity contribution in [3.63, 3.8) is 0 Å². The lowest BCUT2D eigenvalue weighted by Crippen LogP contribution is -2.68. The Morgan fingerprint density at radius 2 is 1.94 bits per heavy atom. The van der Waals surface area contributed by atoms with Crippen molar-refractivity contribution in [1.82, 2.24) is 5.32 Å². The van der Waals surface area contributed by atoms with E-state index >= 15 is 0 Å². The van der Waals surface area contributed by atoms with E-state index in [0.29, 0.717) is 6.42 Å². The SMILES string of the molecule is [NH3+][C@@H](CCC(=O)NCCCC(=O)O)C(=O)[O-]. The third-order valence-electron chi connectivity index (χ3n) is 1.94. The molecule has 0 saturated carbocycles. The largest absolute Gasteiger partial charge is 0.544 e. The van der Waals surface area contributed by atoms with Crippen LogP contribution in [0.3, 0.4) is 0 Å². The molecule has 0 unspecified atom stereocenters. The first kappa shape index (κ1) is 14.4. The summed E-state index contributed by atoms with van der Waals surface area (Å²) in [4.78, 5) is 31.5. The van der Waals surface area contributed by atoms with E-state index in [0.717, 1.165) is 0 Å². The maximum absolute atomic E-state index is 11.1. The third-order valence-corrected chi connectivity index (χ3v) is 1.94. The van der Waals surface area contributed by atoms with Crippen LogP contribution in [0.4, 0.5) is 0 Å². The van der Waals surface area contributed by atoms with Crippen LogP contribution in [0.1, 0.15) is 25.7 Å². The fourth-order valence-corrected chi connectivity index (χ4v) is 0.979. The van der Waals surface area contributed by atoms with Crippen molar-refractivity contribution in [2.24, 2.45) is 0 Å². The highest BCUT2D eigenvalue weighted by Crippen LogP contribution is 1.93. The lowest BCUT2D eigenvalue weighted by Gasteiger charge is -2.09. The van der Waals surface area contributed by atoms with Crippen LogP contribution >= 0.6 is 0 Å². The molecule has 0 radical (unpaired) electrons. The van der Waals surface area contributed by atoms with Crippen LogP contribution in [0.15, 0.2) is 0 Å². The zero-order valence-corrected chi connectivity index (χ0v) is 8.90. The quantitative estimate of drug-likeness (QED) is 0.386. The molecular weight excluding hydrogens is 216 g/mol. The highest BCUT2D eigenvalue weighted by Gasteiger charge is 2.10. The van der Waals surface area contributed by atoms with E-state index in [9.17, 15) is 19.5 Å². The van der Waals surface area contributed by atoms with E-state index in [-0.39, 0.29) is 31.7 Å². The van der Waals surface area contributed by atoms with E-state index in [1.54, 1.807) is 0 Å². The summed E-state index contributed by atoms with van der Waals surface area (Å²) in [6, 6.07) is -0.898. The van der Waals surface area contributed by atoms with Gasteiger partial charge in [-0.1, -0.05) is 0 Å². The number of carbonyl (C=O) groups excluding carboxylic acids is 2. The second-order valence-corrected chi connectivity index (χ2v) is 3.40. The molecule has 0 aliphatic heterocycles. The van der Waals surface area contributed by atoms with E-state index in [1.165, 1.54) is 0 Å². The maximum atomic E-state index is 11.1. The van der Waals surface area contributed by atoms with Crippen LogP contribution in [-0.4, -0.2) is 35.5 Å². The van der Waals surface area contributed by atoms with E-state index in [1.807, 2.05) is 0 Å². The van der Waals surface area contributed by atoms with Gasteiger partial charge in [0.2, 0.25) is 5.91 Å². The number of carboxylic acid groups (broad SMARTS) is 2. The summed E-state index contributed by atoms with van der Waals surface area (Å²) in [5.41, 5.74) is 3.31. The van der Waals surface area contributed by atoms with Crippen molar-refractivity contribution in [3.05, 3.63) is 0 Å². The van der Waals surface area contributed by atoms with Gasteiger partial charge in [0.15, 0.2) is 0 Å². The first-order chi connectivity index (χ1) is 7.43. The Labute approximate surface area is 92.6 Å². The number of amides is 1. The minimum atomic E-state index is -1.28. The highest BCUT2D eigenvalue weighted by atomic mass is 16.4. The van der Waals surface area contributed by atoms with Gasteiger partial charge in [-0.15, -0.1) is 0 Å². The minimum absolute atomic E-state index is 0.00269. The number of quaternary nitrogens is 1. The third kappa shape index (κ3) is 7.74. The van der Waals surface area contributed by atoms with Crippen LogP contribution < -0.4 is 16.2 Å². The number of carboxylic acids is 2. The van der Waals surface area contributed by atoms with Crippen molar-refractivity contribution < 1.29 is 30.3 Å². The average Bonchev–Trinajstić information content (AvgIpc) is 2.20. The molecule has 0 aliphatic carbocycles. The molecule has 7 nitrogen and oxygen atoms in total. The standard InChI is InChI=1S/C9H16N2O5/c10-6(9(15)16)3-4-7(12)11-5-1-2-8(13)14/h6H,1-5,10H2,(H,11,12)(H,13,14)(H,15,16)/t6-/m0/s1. The molecule has 0 bridgehead atoms. The lowest BCUT2D eigenvalue weighted by molar-refractivity contribution is -0.438. The average molecular weight is 232 g/mol. The summed E-state index contributed by atoms with van der Waals surface area (Å²) in [5.74, 6) is -2.50. The number of carbonyl (C=O) groups is 3. The molecule has 0 spiro atoms. The van der Waals surface area contributed by atoms with Gasteiger partial charge in [-0.25, -0.2) is 0 Å². The second kappa shape index (κ2) is 7.63. The molecule has 1 amide bonds. The molecule has 0 heterocycles. The molecule has 7 heteroatoms. The first-order valence-electron chi connectivity index (χ1n) is 4.96. The van der Waals surface area contributed by atoms with Crippen molar-refractivity contribution in [2.75, 3.05) is 6.54 Å². The molecule has 92 valence electrons. The second-order valence-electron chi connectivity index (χ2n) is 3.40. The van der Waals surface area contributed by atoms with Gasteiger partial charge in [0, 0.05) is 25.8 Å². The zero-order valence-electron chi connectivity index (χ0n) is 8.90. The van der Waals surface area contributed by atoms with Gasteiger partial charge in [-0.05, 0) is 6.42 Å². The number of nitrogens with one attached hydrogen (secondary N) is 1. The topological polar surface area (TPSA) is 134 Å². The van der Waals surface area contributed by atoms with E-state index in [4.69, 9.17) is 5.11 Å². The number of rotatable bonds is 8. The molecule has 0 rings (SSSR count). The summed E-state index contributed by atoms with van der Waals surface area (Å²) < 4.78 is 0. The molecular formula is C9H16N2O5. The molecule has 0 aliphatic rings. The van der Waals surface area contributed by atoms with Gasteiger partial charge >= 0.3 is 5.97 Å². The molecule has 16 heavy (non-hydrogen) atoms. The summed E-state index contributed by atoms with van der Waals surface area (Å²) >= 11 is 0. The Balaban J connectivity index is 3.52. The van der Waals surface area contributed by atoms with Crippen LogP contribution in [0.5, 0.6) is 0 Å². The van der Waals surface area contributed by atoms with E-state index < -0.39 is 18.0 Å². The Morgan fingerprint density at radius 3 is 2.44 bits per heavy atom. The number of aliphatic carboxylic acids is 2. The maximum Gasteiger partial charge on any atom is 0.303 e. The van der Waals surface area contributed by atoms with Crippen molar-refractivity contribution in [1.29, 1.82) is 0 Å². The summed E-state index contributed by atoms with van der Waals surface area (Å²) in [6.45, 7) is 0.276. The summed E-state index contributed by atoms with van der Waals surface area (Å²) in [6.07, 6.45) is 0.523. The first-order valence-corrected chi connectivity index (χ1v) is 4.96. The van der Waals surface area contributed by atoms with Crippen LogP contribution in [0.2, 0.25) is 0 Å². The van der Waals surface area contributed by atoms with Gasteiger partial charge in [0.05, 0.1) is 5.97 Å². The van der Waals surface area contributed by atoms with Crippen LogP contribution in [-0.2, 0) is 14.4 Å². The smallest absolute Gasteiger partial charge is 0.303 e. The van der Waals surface area contributed by atoms with Crippen molar-refractivity contribution in [2.45, 2.75) is 31.7 Å². The van der Waals surface area contributed by atoms with Crippen molar-refractivity contribution >= 4 is 17.8 Å². The number of hydrogen-bond acceptors (Lipinski definition) is 4. The Kier molecular flexibility index (Phi) is 6.86. The molecule has 0 aromatic heterocycles. The van der Waals surface area contributed by atoms with Gasteiger partial charge in [0.1, 0.15) is 6.04 Å². The van der Waals surface area contributed by atoms with Gasteiger partial charge in [-0.2, -0.15) is 0 Å². The molecule has 0 aromatic rings. The fourth-order valence-electron chi connectivity index (χ4n) is 0.979. The normalized spacial score (nSPS) is 11.8. The van der Waals surface area contributed by atoms with Gasteiger partial charge in [-0.3, -0.25) is 9.59 Å². The Hall–Kier alpha value is -1.63. The predicted octanol–water partition coefficient (Wildman–Crippen LogP) is -2.89. The van der Waals surface area contributed by atoms with E-state index in [2.05, 4.69) is 11.1 Å². The van der Waals surface area contributed by atoms with Crippen LogP contribution in [0, 0.1) is 0 Å². The summed E-state index contributed by atoms with van der Waals surface area (Å²) in [5, 5.41) is 21.1. The lowest BCUT2D eigenvalue weighted by atomic mass is 10.1. The zero-order chi connectivity index (χ0) is 12.6. The minimum Gasteiger partial charge on any atom is -0.544 e. The summed E-state index contributed by atoms with van der Waals surface area (Å²) in [7, 11) is 0. The predicted molar refractivity (Wildman–Crippen MR) is 50.8 cm³/mol. The molecule has 5 N–H and O–H groups in total. The van der Waals surface area contributed by atoms with Gasteiger partial charge < -0.3 is 26.1 Å². The molecule has 1 atom stereocenters. The Morgan fingerprint density at radius 1 is 1.31 bits per heavy atom. The van der Waals surface area contributed by atoms with Gasteiger partial charge in [0.25, 0.3) is 0 Å². The molecule has 0 saturated heterocycles. The number of hydrogen-bond donors (Lipinski definition) is 3. The molecule has 0 fully saturated rings. The molecule has 0 aromatic carbocycles. The van der Waals surface area contributed by atoms with Crippen LogP contribution in [0.25, 0.3) is 0 Å².